The molecule has 0 radical (unpaired) electrons. The van der Waals surface area contributed by atoms with Gasteiger partial charge in [-0.1, -0.05) is 42.4 Å². The van der Waals surface area contributed by atoms with Gasteiger partial charge in [-0.05, 0) is 43.7 Å². The van der Waals surface area contributed by atoms with Gasteiger partial charge >= 0.3 is 0 Å². The number of para-hydroxylation sites is 1. The number of hydrogen-bond acceptors (Lipinski definition) is 5. The summed E-state index contributed by atoms with van der Waals surface area (Å²) in [7, 11) is 0. The highest BCUT2D eigenvalue weighted by Gasteiger charge is 2.18. The molecule has 0 spiro atoms. The fourth-order valence-electron chi connectivity index (χ4n) is 3.20. The van der Waals surface area contributed by atoms with Crippen LogP contribution in [-0.2, 0) is 6.54 Å². The minimum atomic E-state index is -0.209. The van der Waals surface area contributed by atoms with Gasteiger partial charge in [0.1, 0.15) is 5.82 Å². The molecular formula is C21H19ClN4O2S. The van der Waals surface area contributed by atoms with Gasteiger partial charge < -0.3 is 4.98 Å². The molecule has 1 N–H and O–H groups in total. The van der Waals surface area contributed by atoms with Crippen LogP contribution in [0.3, 0.4) is 0 Å². The summed E-state index contributed by atoms with van der Waals surface area (Å²) in [5.74, 6) is 0.544. The van der Waals surface area contributed by atoms with Gasteiger partial charge in [-0.2, -0.15) is 0 Å². The molecule has 0 fully saturated rings. The fraction of sp³-hybridized carbons (Fsp3) is 0.238. The first-order valence-corrected chi connectivity index (χ1v) is 10.6. The van der Waals surface area contributed by atoms with Gasteiger partial charge in [0, 0.05) is 11.6 Å². The van der Waals surface area contributed by atoms with E-state index in [2.05, 4.69) is 15.0 Å². The quantitative estimate of drug-likeness (QED) is 0.374. The Bertz CT molecular complexity index is 1330. The van der Waals surface area contributed by atoms with E-state index >= 15 is 0 Å². The number of aromatic nitrogens is 4. The molecule has 0 bridgehead atoms. The molecule has 0 saturated carbocycles. The standard InChI is InChI=1S/C21H19ClN4O2S/c1-3-10-26-20(28)15-9-8-13(22)11-17(15)24-21(26)29-12(2)18-23-16-7-5-4-6-14(16)19(27)25-18/h4-9,11-12H,3,10H2,1-2H3,(H,23,25,27). The molecule has 2 aromatic carbocycles. The van der Waals surface area contributed by atoms with E-state index in [0.717, 1.165) is 6.42 Å². The van der Waals surface area contributed by atoms with Crippen LogP contribution in [0.25, 0.3) is 21.8 Å². The molecular weight excluding hydrogens is 408 g/mol. The van der Waals surface area contributed by atoms with Crippen molar-refractivity contribution in [3.63, 3.8) is 0 Å². The molecule has 0 aliphatic heterocycles. The Labute approximate surface area is 176 Å². The summed E-state index contributed by atoms with van der Waals surface area (Å²) in [6.45, 7) is 4.50. The van der Waals surface area contributed by atoms with E-state index < -0.39 is 0 Å². The molecule has 6 nitrogen and oxygen atoms in total. The number of H-pyrrole nitrogens is 1. The van der Waals surface area contributed by atoms with Gasteiger partial charge in [0.2, 0.25) is 0 Å². The SMILES string of the molecule is CCCn1c(SC(C)c2nc3ccccc3c(=O)[nH]2)nc2cc(Cl)ccc2c1=O. The van der Waals surface area contributed by atoms with Gasteiger partial charge in [0.05, 0.1) is 27.1 Å². The van der Waals surface area contributed by atoms with E-state index in [-0.39, 0.29) is 16.4 Å². The zero-order chi connectivity index (χ0) is 20.5. The maximum absolute atomic E-state index is 13.0. The van der Waals surface area contributed by atoms with Crippen molar-refractivity contribution >= 4 is 45.2 Å². The Balaban J connectivity index is 1.79. The molecule has 29 heavy (non-hydrogen) atoms. The lowest BCUT2D eigenvalue weighted by atomic mass is 10.2. The Kier molecular flexibility index (Phi) is 5.43. The van der Waals surface area contributed by atoms with E-state index in [1.165, 1.54) is 11.8 Å². The molecule has 148 valence electrons. The van der Waals surface area contributed by atoms with Crippen molar-refractivity contribution in [2.24, 2.45) is 0 Å². The summed E-state index contributed by atoms with van der Waals surface area (Å²) in [5, 5.41) is 1.99. The van der Waals surface area contributed by atoms with Crippen LogP contribution in [-0.4, -0.2) is 19.5 Å². The van der Waals surface area contributed by atoms with Gasteiger partial charge in [0.15, 0.2) is 5.16 Å². The second-order valence-corrected chi connectivity index (χ2v) is 8.49. The molecule has 1 atom stereocenters. The largest absolute Gasteiger partial charge is 0.309 e. The molecule has 0 amide bonds. The van der Waals surface area contributed by atoms with E-state index in [4.69, 9.17) is 11.6 Å². The number of benzene rings is 2. The summed E-state index contributed by atoms with van der Waals surface area (Å²) < 4.78 is 1.68. The maximum atomic E-state index is 13.0. The van der Waals surface area contributed by atoms with Crippen molar-refractivity contribution in [3.8, 4) is 0 Å². The van der Waals surface area contributed by atoms with Crippen molar-refractivity contribution < 1.29 is 0 Å². The summed E-state index contributed by atoms with van der Waals surface area (Å²) in [6.07, 6.45) is 0.799. The monoisotopic (exact) mass is 426 g/mol. The molecule has 2 aromatic heterocycles. The summed E-state index contributed by atoms with van der Waals surface area (Å²) in [6, 6.07) is 12.3. The van der Waals surface area contributed by atoms with E-state index in [1.54, 1.807) is 28.8 Å². The molecule has 1 unspecified atom stereocenters. The number of fused-ring (bicyclic) bond motifs is 2. The Hall–Kier alpha value is -2.64. The Morgan fingerprint density at radius 2 is 1.90 bits per heavy atom. The highest BCUT2D eigenvalue weighted by atomic mass is 35.5. The average Bonchev–Trinajstić information content (AvgIpc) is 2.70. The number of thioether (sulfide) groups is 1. The summed E-state index contributed by atoms with van der Waals surface area (Å²) in [5.41, 5.74) is 0.929. The van der Waals surface area contributed by atoms with Gasteiger partial charge in [-0.25, -0.2) is 9.97 Å². The fourth-order valence-corrected chi connectivity index (χ4v) is 4.35. The molecule has 0 aliphatic carbocycles. The zero-order valence-corrected chi connectivity index (χ0v) is 17.5. The second kappa shape index (κ2) is 8.00. The smallest absolute Gasteiger partial charge is 0.262 e. The number of halogens is 1. The van der Waals surface area contributed by atoms with Crippen LogP contribution in [0.15, 0.2) is 57.2 Å². The number of nitrogens with zero attached hydrogens (tertiary/aromatic N) is 3. The van der Waals surface area contributed by atoms with E-state index in [1.807, 2.05) is 32.0 Å². The third-order valence-electron chi connectivity index (χ3n) is 4.63. The molecule has 0 aliphatic rings. The minimum Gasteiger partial charge on any atom is -0.309 e. The zero-order valence-electron chi connectivity index (χ0n) is 16.0. The molecule has 2 heterocycles. The first kappa shape index (κ1) is 19.7. The normalized spacial score (nSPS) is 12.5. The van der Waals surface area contributed by atoms with Gasteiger partial charge in [0.25, 0.3) is 11.1 Å². The number of nitrogens with one attached hydrogen (secondary N) is 1. The van der Waals surface area contributed by atoms with Crippen LogP contribution in [0.4, 0.5) is 0 Å². The highest BCUT2D eigenvalue weighted by molar-refractivity contribution is 7.99. The Morgan fingerprint density at radius 3 is 2.69 bits per heavy atom. The minimum absolute atomic E-state index is 0.0943. The predicted octanol–water partition coefficient (Wildman–Crippen LogP) is 4.55. The van der Waals surface area contributed by atoms with Gasteiger partial charge in [-0.3, -0.25) is 14.2 Å². The van der Waals surface area contributed by atoms with Crippen LogP contribution < -0.4 is 11.1 Å². The van der Waals surface area contributed by atoms with Crippen LogP contribution in [0, 0.1) is 0 Å². The van der Waals surface area contributed by atoms with Crippen LogP contribution in [0.2, 0.25) is 5.02 Å². The first-order chi connectivity index (χ1) is 14.0. The Morgan fingerprint density at radius 1 is 1.10 bits per heavy atom. The third kappa shape index (κ3) is 3.80. The topological polar surface area (TPSA) is 80.6 Å². The molecule has 4 rings (SSSR count). The molecule has 8 heteroatoms. The van der Waals surface area contributed by atoms with Crippen LogP contribution in [0.1, 0.15) is 31.3 Å². The van der Waals surface area contributed by atoms with Crippen molar-refractivity contribution in [3.05, 3.63) is 74.0 Å². The number of rotatable bonds is 5. The lowest BCUT2D eigenvalue weighted by molar-refractivity contribution is 0.583. The van der Waals surface area contributed by atoms with E-state index in [0.29, 0.717) is 44.4 Å². The highest BCUT2D eigenvalue weighted by Crippen LogP contribution is 2.32. The summed E-state index contributed by atoms with van der Waals surface area (Å²) in [4.78, 5) is 37.5. The molecule has 0 saturated heterocycles. The van der Waals surface area contributed by atoms with Crippen molar-refractivity contribution in [1.82, 2.24) is 19.5 Å². The van der Waals surface area contributed by atoms with Gasteiger partial charge in [-0.15, -0.1) is 0 Å². The maximum Gasteiger partial charge on any atom is 0.262 e. The predicted molar refractivity (Wildman–Crippen MR) is 118 cm³/mol. The summed E-state index contributed by atoms with van der Waals surface area (Å²) >= 11 is 7.48. The van der Waals surface area contributed by atoms with E-state index in [9.17, 15) is 9.59 Å². The van der Waals surface area contributed by atoms with Crippen molar-refractivity contribution in [1.29, 1.82) is 0 Å². The first-order valence-electron chi connectivity index (χ1n) is 9.33. The van der Waals surface area contributed by atoms with Crippen LogP contribution >= 0.6 is 23.4 Å². The van der Waals surface area contributed by atoms with Crippen LogP contribution in [0.5, 0.6) is 0 Å². The lowest BCUT2D eigenvalue weighted by Crippen LogP contribution is -2.23. The number of hydrogen-bond donors (Lipinski definition) is 1. The van der Waals surface area contributed by atoms with Crippen molar-refractivity contribution in [2.45, 2.75) is 37.2 Å². The second-order valence-electron chi connectivity index (χ2n) is 6.74. The van der Waals surface area contributed by atoms with Crippen molar-refractivity contribution in [2.75, 3.05) is 0 Å². The average molecular weight is 427 g/mol. The number of aromatic amines is 1. The third-order valence-corrected chi connectivity index (χ3v) is 5.96. The lowest BCUT2D eigenvalue weighted by Gasteiger charge is -2.16. The molecule has 4 aromatic rings.